The molecule has 2 atom stereocenters. The van der Waals surface area contributed by atoms with Gasteiger partial charge in [-0.2, -0.15) is 0 Å². The molecule has 0 amide bonds. The summed E-state index contributed by atoms with van der Waals surface area (Å²) in [5.41, 5.74) is -0.295. The van der Waals surface area contributed by atoms with Crippen LogP contribution in [-0.4, -0.2) is 71.4 Å². The van der Waals surface area contributed by atoms with E-state index in [1.54, 1.807) is 14.2 Å². The maximum Gasteiger partial charge on any atom is 0.151 e. The Balaban J connectivity index is 2.15. The molecule has 19 heavy (non-hydrogen) atoms. The molecule has 0 aromatic heterocycles. The fourth-order valence-electron chi connectivity index (χ4n) is 3.70. The molecule has 2 aliphatic heterocycles. The highest BCUT2D eigenvalue weighted by molar-refractivity contribution is 7.91. The highest BCUT2D eigenvalue weighted by Crippen LogP contribution is 2.53. The van der Waals surface area contributed by atoms with Crippen molar-refractivity contribution in [2.45, 2.75) is 19.9 Å². The average molecular weight is 291 g/mol. The molecule has 5 nitrogen and oxygen atoms in total. The Morgan fingerprint density at radius 3 is 1.84 bits per heavy atom. The monoisotopic (exact) mass is 291 g/mol. The normalized spacial score (nSPS) is 37.9. The number of sulfone groups is 1. The predicted octanol–water partition coefficient (Wildman–Crippen LogP) is 0.404. The molecule has 0 radical (unpaired) electrons. The lowest BCUT2D eigenvalue weighted by Gasteiger charge is -2.30. The van der Waals surface area contributed by atoms with Crippen LogP contribution in [0.15, 0.2) is 0 Å². The van der Waals surface area contributed by atoms with Crippen molar-refractivity contribution < 1.29 is 17.9 Å². The zero-order chi connectivity index (χ0) is 14.3. The van der Waals surface area contributed by atoms with Crippen molar-refractivity contribution in [1.29, 1.82) is 0 Å². The van der Waals surface area contributed by atoms with Crippen LogP contribution in [0.1, 0.15) is 13.8 Å². The molecule has 6 heteroatoms. The van der Waals surface area contributed by atoms with E-state index in [9.17, 15) is 8.42 Å². The number of rotatable bonds is 5. The molecule has 0 aromatic carbocycles. The van der Waals surface area contributed by atoms with E-state index in [0.29, 0.717) is 24.7 Å². The first kappa shape index (κ1) is 15.2. The van der Waals surface area contributed by atoms with Crippen LogP contribution in [0.4, 0.5) is 0 Å². The third-order valence-corrected chi connectivity index (χ3v) is 7.03. The Labute approximate surface area is 116 Å². The Morgan fingerprint density at radius 1 is 1.05 bits per heavy atom. The van der Waals surface area contributed by atoms with E-state index in [2.05, 4.69) is 18.7 Å². The van der Waals surface area contributed by atoms with E-state index in [0.717, 1.165) is 13.1 Å². The van der Waals surface area contributed by atoms with Crippen molar-refractivity contribution in [2.24, 2.45) is 10.8 Å². The van der Waals surface area contributed by atoms with Crippen LogP contribution in [0, 0.1) is 10.8 Å². The lowest BCUT2D eigenvalue weighted by atomic mass is 9.71. The van der Waals surface area contributed by atoms with E-state index >= 15 is 0 Å². The molecular formula is C13H25NO4S. The van der Waals surface area contributed by atoms with Gasteiger partial charge in [0.25, 0.3) is 0 Å². The first-order chi connectivity index (χ1) is 8.75. The summed E-state index contributed by atoms with van der Waals surface area (Å²) in [7, 11) is 0.491. The minimum atomic E-state index is -2.89. The first-order valence-electron chi connectivity index (χ1n) is 6.68. The molecule has 0 bridgehead atoms. The van der Waals surface area contributed by atoms with Crippen molar-refractivity contribution in [3.05, 3.63) is 0 Å². The van der Waals surface area contributed by atoms with Gasteiger partial charge in [0, 0.05) is 38.1 Å². The fraction of sp³-hybridized carbons (Fsp3) is 1.00. The van der Waals surface area contributed by atoms with Gasteiger partial charge in [-0.25, -0.2) is 8.42 Å². The molecule has 2 aliphatic rings. The van der Waals surface area contributed by atoms with E-state index in [-0.39, 0.29) is 16.9 Å². The molecule has 0 aliphatic carbocycles. The van der Waals surface area contributed by atoms with Crippen LogP contribution >= 0.6 is 0 Å². The molecule has 2 fully saturated rings. The van der Waals surface area contributed by atoms with Crippen LogP contribution in [-0.2, 0) is 19.3 Å². The molecule has 0 saturated carbocycles. The molecule has 0 N–H and O–H groups in total. The third kappa shape index (κ3) is 2.68. The third-order valence-electron chi connectivity index (χ3n) is 4.87. The minimum Gasteiger partial charge on any atom is -0.383 e. The largest absolute Gasteiger partial charge is 0.383 e. The van der Waals surface area contributed by atoms with Gasteiger partial charge in [0.15, 0.2) is 9.84 Å². The number of fused-ring (bicyclic) bond motifs is 1. The van der Waals surface area contributed by atoms with Crippen molar-refractivity contribution in [3.63, 3.8) is 0 Å². The highest BCUT2D eigenvalue weighted by atomic mass is 32.2. The van der Waals surface area contributed by atoms with E-state index in [1.165, 1.54) is 0 Å². The van der Waals surface area contributed by atoms with Gasteiger partial charge in [0.05, 0.1) is 30.8 Å². The highest BCUT2D eigenvalue weighted by Gasteiger charge is 2.60. The fourth-order valence-corrected chi connectivity index (χ4v) is 6.62. The van der Waals surface area contributed by atoms with Gasteiger partial charge in [-0.05, 0) is 0 Å². The molecule has 0 aromatic rings. The zero-order valence-electron chi connectivity index (χ0n) is 12.3. The Kier molecular flexibility index (Phi) is 3.99. The van der Waals surface area contributed by atoms with Gasteiger partial charge in [-0.3, -0.25) is 4.90 Å². The van der Waals surface area contributed by atoms with E-state index in [1.807, 2.05) is 0 Å². The molecule has 2 saturated heterocycles. The van der Waals surface area contributed by atoms with E-state index < -0.39 is 9.84 Å². The summed E-state index contributed by atoms with van der Waals surface area (Å²) in [4.78, 5) is 2.34. The SMILES string of the molecule is COCC(COC)N1C[C@@]2(C)CS(=O)(=O)C[C@@]2(C)C1. The van der Waals surface area contributed by atoms with Crippen molar-refractivity contribution in [1.82, 2.24) is 4.90 Å². The molecule has 0 unspecified atom stereocenters. The van der Waals surface area contributed by atoms with Gasteiger partial charge >= 0.3 is 0 Å². The maximum absolute atomic E-state index is 11.9. The lowest BCUT2D eigenvalue weighted by molar-refractivity contribution is 0.0417. The quantitative estimate of drug-likeness (QED) is 0.734. The topological polar surface area (TPSA) is 55.8 Å². The lowest BCUT2D eigenvalue weighted by Crippen LogP contribution is -2.42. The number of methoxy groups -OCH3 is 2. The van der Waals surface area contributed by atoms with Crippen molar-refractivity contribution >= 4 is 9.84 Å². The number of ether oxygens (including phenoxy) is 2. The van der Waals surface area contributed by atoms with Gasteiger partial charge in [0.1, 0.15) is 0 Å². The van der Waals surface area contributed by atoms with Crippen LogP contribution in [0.3, 0.4) is 0 Å². The summed E-state index contributed by atoms with van der Waals surface area (Å²) < 4.78 is 34.3. The molecule has 0 spiro atoms. The van der Waals surface area contributed by atoms with Crippen LogP contribution in [0.2, 0.25) is 0 Å². The summed E-state index contributed by atoms with van der Waals surface area (Å²) in [6.45, 7) is 7.06. The molecule has 2 rings (SSSR count). The number of hydrogen-bond donors (Lipinski definition) is 0. The Hall–Kier alpha value is -0.170. The van der Waals surface area contributed by atoms with Crippen LogP contribution in [0.5, 0.6) is 0 Å². The summed E-state index contributed by atoms with van der Waals surface area (Å²) in [6, 6.07) is 0.206. The number of likely N-dealkylation sites (tertiary alicyclic amines) is 1. The van der Waals surface area contributed by atoms with Crippen molar-refractivity contribution in [2.75, 3.05) is 52.0 Å². The average Bonchev–Trinajstić information content (AvgIpc) is 2.57. The van der Waals surface area contributed by atoms with Gasteiger partial charge in [-0.1, -0.05) is 13.8 Å². The van der Waals surface area contributed by atoms with Crippen molar-refractivity contribution in [3.8, 4) is 0 Å². The zero-order valence-corrected chi connectivity index (χ0v) is 13.1. The smallest absolute Gasteiger partial charge is 0.151 e. The number of nitrogens with zero attached hydrogens (tertiary/aromatic N) is 1. The summed E-state index contributed by atoms with van der Waals surface area (Å²) >= 11 is 0. The van der Waals surface area contributed by atoms with Gasteiger partial charge in [-0.15, -0.1) is 0 Å². The summed E-state index contributed by atoms with van der Waals surface area (Å²) in [5, 5.41) is 0. The van der Waals surface area contributed by atoms with Gasteiger partial charge in [0.2, 0.25) is 0 Å². The molecule has 112 valence electrons. The summed E-state index contributed by atoms with van der Waals surface area (Å²) in [6.07, 6.45) is 0. The summed E-state index contributed by atoms with van der Waals surface area (Å²) in [5.74, 6) is 0.610. The molecular weight excluding hydrogens is 266 g/mol. The van der Waals surface area contributed by atoms with Crippen LogP contribution < -0.4 is 0 Å². The second-order valence-electron chi connectivity index (χ2n) is 6.62. The van der Waals surface area contributed by atoms with Gasteiger partial charge < -0.3 is 9.47 Å². The second-order valence-corrected chi connectivity index (χ2v) is 8.69. The Morgan fingerprint density at radius 2 is 1.47 bits per heavy atom. The minimum absolute atomic E-state index is 0.147. The standard InChI is InChI=1S/C13H25NO4S/c1-12-7-14(11(5-17-3)6-18-4)8-13(12,2)10-19(15,16)9-12/h11H,5-10H2,1-4H3/t12-,13+. The second kappa shape index (κ2) is 4.98. The molecule has 2 heterocycles. The number of hydrogen-bond acceptors (Lipinski definition) is 5. The predicted molar refractivity (Wildman–Crippen MR) is 74.0 cm³/mol. The first-order valence-corrected chi connectivity index (χ1v) is 8.50. The Bertz CT molecular complexity index is 406. The van der Waals surface area contributed by atoms with E-state index in [4.69, 9.17) is 9.47 Å². The van der Waals surface area contributed by atoms with Crippen LogP contribution in [0.25, 0.3) is 0 Å². The maximum atomic E-state index is 11.9.